The molecule has 1 aliphatic heterocycles. The van der Waals surface area contributed by atoms with E-state index in [9.17, 15) is 4.79 Å². The zero-order valence-electron chi connectivity index (χ0n) is 13.1. The molecular weight excluding hydrogens is 266 g/mol. The van der Waals surface area contributed by atoms with Gasteiger partial charge in [0, 0.05) is 37.5 Å². The van der Waals surface area contributed by atoms with E-state index in [1.165, 1.54) is 0 Å². The molecule has 0 bridgehead atoms. The van der Waals surface area contributed by atoms with Crippen molar-refractivity contribution in [1.29, 1.82) is 0 Å². The Hall–Kier alpha value is -1.36. The summed E-state index contributed by atoms with van der Waals surface area (Å²) in [5.41, 5.74) is 0.132. The molecule has 1 aromatic heterocycles. The van der Waals surface area contributed by atoms with E-state index in [0.29, 0.717) is 17.8 Å². The number of hydrogen-bond acceptors (Lipinski definition) is 4. The summed E-state index contributed by atoms with van der Waals surface area (Å²) in [6.45, 7) is 8.17. The molecule has 1 saturated heterocycles. The van der Waals surface area contributed by atoms with Crippen molar-refractivity contribution in [3.8, 4) is 0 Å². The van der Waals surface area contributed by atoms with Crippen LogP contribution in [0.4, 0.5) is 5.82 Å². The van der Waals surface area contributed by atoms with Crippen LogP contribution in [-0.4, -0.2) is 28.8 Å². The van der Waals surface area contributed by atoms with Crippen molar-refractivity contribution in [1.82, 2.24) is 9.55 Å². The van der Waals surface area contributed by atoms with Gasteiger partial charge in [0.15, 0.2) is 5.82 Å². The summed E-state index contributed by atoms with van der Waals surface area (Å²) in [7, 11) is 0. The Labute approximate surface area is 125 Å². The highest BCUT2D eigenvalue weighted by Gasteiger charge is 2.37. The average Bonchev–Trinajstić information content (AvgIpc) is 3.13. The number of nitrogens with one attached hydrogen (secondary N) is 1. The summed E-state index contributed by atoms with van der Waals surface area (Å²) >= 11 is 0. The van der Waals surface area contributed by atoms with Gasteiger partial charge >= 0.3 is 0 Å². The van der Waals surface area contributed by atoms with Crippen molar-refractivity contribution >= 4 is 5.82 Å². The third kappa shape index (κ3) is 3.12. The fraction of sp³-hybridized carbons (Fsp3) is 0.750. The van der Waals surface area contributed by atoms with E-state index in [1.807, 2.05) is 4.57 Å². The number of anilines is 1. The van der Waals surface area contributed by atoms with Crippen molar-refractivity contribution < 1.29 is 4.74 Å². The molecule has 2 fully saturated rings. The van der Waals surface area contributed by atoms with Crippen molar-refractivity contribution in [3.63, 3.8) is 0 Å². The predicted octanol–water partition coefficient (Wildman–Crippen LogP) is 2.44. The first kappa shape index (κ1) is 14.6. The van der Waals surface area contributed by atoms with Crippen molar-refractivity contribution in [2.45, 2.75) is 52.2 Å². The summed E-state index contributed by atoms with van der Waals surface area (Å²) in [4.78, 5) is 16.6. The predicted molar refractivity (Wildman–Crippen MR) is 82.6 cm³/mol. The lowest BCUT2D eigenvalue weighted by Crippen LogP contribution is -2.35. The molecule has 3 rings (SSSR count). The van der Waals surface area contributed by atoms with Crippen LogP contribution in [0.1, 0.15) is 46.1 Å². The molecule has 1 aliphatic carbocycles. The van der Waals surface area contributed by atoms with Gasteiger partial charge in [-0.15, -0.1) is 0 Å². The van der Waals surface area contributed by atoms with Crippen molar-refractivity contribution in [2.24, 2.45) is 11.3 Å². The summed E-state index contributed by atoms with van der Waals surface area (Å²) < 4.78 is 7.68. The summed E-state index contributed by atoms with van der Waals surface area (Å²) in [6.07, 6.45) is 6.99. The molecule has 5 nitrogen and oxygen atoms in total. The number of hydrogen-bond donors (Lipinski definition) is 1. The van der Waals surface area contributed by atoms with Crippen LogP contribution in [0.25, 0.3) is 0 Å². The summed E-state index contributed by atoms with van der Waals surface area (Å²) in [6, 6.07) is 0.387. The van der Waals surface area contributed by atoms with Gasteiger partial charge in [-0.1, -0.05) is 20.8 Å². The first-order chi connectivity index (χ1) is 9.97. The van der Waals surface area contributed by atoms with Gasteiger partial charge in [-0.05, 0) is 24.7 Å². The Kier molecular flexibility index (Phi) is 3.78. The zero-order chi connectivity index (χ0) is 15.0. The molecule has 0 aromatic carbocycles. The molecule has 21 heavy (non-hydrogen) atoms. The minimum atomic E-state index is 0.00576. The number of aromatic nitrogens is 2. The standard InChI is InChI=1S/C16H25N3O2/c1-16(2,3)13-11(6-9-21-13)10-18-14-15(20)19(8-7-17-14)12-4-5-12/h7-8,11-13H,4-6,9-10H2,1-3H3,(H,17,18)/t11-,13+/m1/s1. The van der Waals surface area contributed by atoms with E-state index in [-0.39, 0.29) is 17.1 Å². The maximum Gasteiger partial charge on any atom is 0.293 e. The molecule has 1 aromatic rings. The van der Waals surface area contributed by atoms with Crippen LogP contribution in [0.15, 0.2) is 17.2 Å². The van der Waals surface area contributed by atoms with Crippen LogP contribution in [0.3, 0.4) is 0 Å². The monoisotopic (exact) mass is 291 g/mol. The van der Waals surface area contributed by atoms with Gasteiger partial charge in [0.25, 0.3) is 5.56 Å². The first-order valence-electron chi connectivity index (χ1n) is 7.89. The molecule has 1 saturated carbocycles. The quantitative estimate of drug-likeness (QED) is 0.925. The SMILES string of the molecule is CC(C)(C)[C@H]1OCC[C@@H]1CNc1nccn(C2CC2)c1=O. The number of nitrogens with zero attached hydrogens (tertiary/aromatic N) is 2. The van der Waals surface area contributed by atoms with Crippen LogP contribution in [0.2, 0.25) is 0 Å². The fourth-order valence-corrected chi connectivity index (χ4v) is 3.21. The number of ether oxygens (including phenoxy) is 1. The molecule has 2 aliphatic rings. The largest absolute Gasteiger partial charge is 0.377 e. The van der Waals surface area contributed by atoms with E-state index in [2.05, 4.69) is 31.1 Å². The van der Waals surface area contributed by atoms with Gasteiger partial charge in [0.2, 0.25) is 0 Å². The molecule has 0 radical (unpaired) electrons. The fourth-order valence-electron chi connectivity index (χ4n) is 3.21. The molecule has 2 heterocycles. The lowest BCUT2D eigenvalue weighted by molar-refractivity contribution is 0.00955. The highest BCUT2D eigenvalue weighted by atomic mass is 16.5. The van der Waals surface area contributed by atoms with Gasteiger partial charge < -0.3 is 14.6 Å². The van der Waals surface area contributed by atoms with E-state index >= 15 is 0 Å². The van der Waals surface area contributed by atoms with E-state index in [1.54, 1.807) is 12.4 Å². The van der Waals surface area contributed by atoms with Crippen LogP contribution in [0.5, 0.6) is 0 Å². The van der Waals surface area contributed by atoms with Crippen molar-refractivity contribution in [2.75, 3.05) is 18.5 Å². The Bertz CT molecular complexity index is 557. The minimum Gasteiger partial charge on any atom is -0.377 e. The van der Waals surface area contributed by atoms with Gasteiger partial charge in [0.05, 0.1) is 6.10 Å². The second-order valence-corrected chi connectivity index (χ2v) is 7.31. The Morgan fingerprint density at radius 3 is 2.81 bits per heavy atom. The smallest absolute Gasteiger partial charge is 0.293 e. The Balaban J connectivity index is 1.68. The molecule has 1 N–H and O–H groups in total. The third-order valence-electron chi connectivity index (χ3n) is 4.41. The van der Waals surface area contributed by atoms with Gasteiger partial charge in [-0.3, -0.25) is 4.79 Å². The highest BCUT2D eigenvalue weighted by Crippen LogP contribution is 2.35. The molecule has 0 amide bonds. The van der Waals surface area contributed by atoms with Crippen LogP contribution >= 0.6 is 0 Å². The normalized spacial score (nSPS) is 26.0. The topological polar surface area (TPSA) is 56.1 Å². The molecule has 0 unspecified atom stereocenters. The second kappa shape index (κ2) is 5.44. The van der Waals surface area contributed by atoms with Crippen LogP contribution in [-0.2, 0) is 4.74 Å². The summed E-state index contributed by atoms with van der Waals surface area (Å²) in [5.74, 6) is 0.907. The van der Waals surface area contributed by atoms with Crippen LogP contribution in [0, 0.1) is 11.3 Å². The Morgan fingerprint density at radius 1 is 1.38 bits per heavy atom. The van der Waals surface area contributed by atoms with E-state index in [0.717, 1.165) is 32.4 Å². The zero-order valence-corrected chi connectivity index (χ0v) is 13.1. The minimum absolute atomic E-state index is 0.00576. The second-order valence-electron chi connectivity index (χ2n) is 7.31. The maximum atomic E-state index is 12.3. The highest BCUT2D eigenvalue weighted by molar-refractivity contribution is 5.31. The Morgan fingerprint density at radius 2 is 2.14 bits per heavy atom. The molecule has 2 atom stereocenters. The average molecular weight is 291 g/mol. The van der Waals surface area contributed by atoms with Crippen LogP contribution < -0.4 is 10.9 Å². The van der Waals surface area contributed by atoms with Gasteiger partial charge in [-0.2, -0.15) is 0 Å². The van der Waals surface area contributed by atoms with E-state index < -0.39 is 0 Å². The lowest BCUT2D eigenvalue weighted by Gasteiger charge is -2.31. The molecule has 116 valence electrons. The lowest BCUT2D eigenvalue weighted by atomic mass is 9.81. The maximum absolute atomic E-state index is 12.3. The number of rotatable bonds is 4. The molecule has 5 heteroatoms. The van der Waals surface area contributed by atoms with E-state index in [4.69, 9.17) is 4.74 Å². The molecule has 0 spiro atoms. The summed E-state index contributed by atoms with van der Waals surface area (Å²) in [5, 5.41) is 3.26. The van der Waals surface area contributed by atoms with Crippen molar-refractivity contribution in [3.05, 3.63) is 22.7 Å². The molecular formula is C16H25N3O2. The van der Waals surface area contributed by atoms with Gasteiger partial charge in [-0.25, -0.2) is 4.98 Å². The third-order valence-corrected chi connectivity index (χ3v) is 4.41. The van der Waals surface area contributed by atoms with Gasteiger partial charge in [0.1, 0.15) is 0 Å². The first-order valence-corrected chi connectivity index (χ1v) is 7.89.